The van der Waals surface area contributed by atoms with Crippen molar-refractivity contribution in [2.75, 3.05) is 18.4 Å². The van der Waals surface area contributed by atoms with Crippen molar-refractivity contribution in [3.8, 4) is 11.4 Å². The molecule has 0 aliphatic carbocycles. The van der Waals surface area contributed by atoms with E-state index < -0.39 is 6.17 Å². The molecule has 0 amide bonds. The molecule has 2 atom stereocenters. The maximum atomic E-state index is 13.7. The average Bonchev–Trinajstić information content (AvgIpc) is 3.14. The molecule has 7 heteroatoms. The summed E-state index contributed by atoms with van der Waals surface area (Å²) >= 11 is 0. The molecule has 0 unspecified atom stereocenters. The molecule has 3 aromatic rings. The average molecular weight is 298 g/mol. The van der Waals surface area contributed by atoms with Crippen LogP contribution in [0, 0.1) is 0 Å². The molecule has 1 fully saturated rings. The molecule has 0 aromatic carbocycles. The fraction of sp³-hybridized carbons (Fsp3) is 0.267. The molecular formula is C15H15FN6. The van der Waals surface area contributed by atoms with Crippen LogP contribution in [0.5, 0.6) is 0 Å². The Morgan fingerprint density at radius 1 is 1.23 bits per heavy atom. The number of pyridine rings is 1. The van der Waals surface area contributed by atoms with E-state index in [2.05, 4.69) is 25.7 Å². The summed E-state index contributed by atoms with van der Waals surface area (Å²) in [6.45, 7) is 0.985. The number of hydrogen-bond acceptors (Lipinski definition) is 5. The van der Waals surface area contributed by atoms with Crippen molar-refractivity contribution >= 4 is 11.5 Å². The van der Waals surface area contributed by atoms with E-state index in [0.29, 0.717) is 18.9 Å². The Bertz CT molecular complexity index is 801. The van der Waals surface area contributed by atoms with E-state index in [4.69, 9.17) is 0 Å². The number of rotatable bonds is 3. The van der Waals surface area contributed by atoms with Gasteiger partial charge in [0.2, 0.25) is 0 Å². The molecule has 0 bridgehead atoms. The Kier molecular flexibility index (Phi) is 3.19. The van der Waals surface area contributed by atoms with Gasteiger partial charge in [0.05, 0.1) is 17.9 Å². The molecular weight excluding hydrogens is 283 g/mol. The van der Waals surface area contributed by atoms with Crippen LogP contribution in [0.25, 0.3) is 17.0 Å². The monoisotopic (exact) mass is 298 g/mol. The number of imidazole rings is 1. The van der Waals surface area contributed by atoms with Crippen molar-refractivity contribution in [2.24, 2.45) is 0 Å². The van der Waals surface area contributed by atoms with Gasteiger partial charge in [0.1, 0.15) is 17.7 Å². The lowest BCUT2D eigenvalue weighted by Crippen LogP contribution is -2.29. The van der Waals surface area contributed by atoms with Crippen molar-refractivity contribution in [2.45, 2.75) is 12.2 Å². The van der Waals surface area contributed by atoms with E-state index >= 15 is 0 Å². The lowest BCUT2D eigenvalue weighted by molar-refractivity contribution is 0.342. The second-order valence-electron chi connectivity index (χ2n) is 5.27. The van der Waals surface area contributed by atoms with Crippen LogP contribution in [-0.2, 0) is 0 Å². The third-order valence-corrected chi connectivity index (χ3v) is 3.76. The van der Waals surface area contributed by atoms with Gasteiger partial charge < -0.3 is 10.6 Å². The van der Waals surface area contributed by atoms with Crippen LogP contribution in [0.4, 0.5) is 10.2 Å². The minimum Gasteiger partial charge on any atom is -0.363 e. The molecule has 1 aliphatic heterocycles. The fourth-order valence-corrected chi connectivity index (χ4v) is 2.64. The molecule has 6 nitrogen and oxygen atoms in total. The summed E-state index contributed by atoms with van der Waals surface area (Å²) in [5.74, 6) is 0.653. The normalized spacial score (nSPS) is 21.3. The number of hydrogen-bond donors (Lipinski definition) is 2. The molecule has 22 heavy (non-hydrogen) atoms. The lowest BCUT2D eigenvalue weighted by Gasteiger charge is -2.15. The van der Waals surface area contributed by atoms with Crippen molar-refractivity contribution in [3.05, 3.63) is 42.7 Å². The Morgan fingerprint density at radius 2 is 2.18 bits per heavy atom. The highest BCUT2D eigenvalue weighted by Crippen LogP contribution is 2.20. The summed E-state index contributed by atoms with van der Waals surface area (Å²) in [7, 11) is 0. The molecule has 1 saturated heterocycles. The quantitative estimate of drug-likeness (QED) is 0.767. The first kappa shape index (κ1) is 13.1. The predicted molar refractivity (Wildman–Crippen MR) is 81.4 cm³/mol. The summed E-state index contributed by atoms with van der Waals surface area (Å²) in [6, 6.07) is 9.10. The van der Waals surface area contributed by atoms with Crippen molar-refractivity contribution in [1.82, 2.24) is 24.9 Å². The molecule has 3 aromatic heterocycles. The maximum absolute atomic E-state index is 13.7. The number of halogens is 1. The first-order valence-corrected chi connectivity index (χ1v) is 7.19. The summed E-state index contributed by atoms with van der Waals surface area (Å²) in [6.07, 6.45) is 2.55. The largest absolute Gasteiger partial charge is 0.363 e. The highest BCUT2D eigenvalue weighted by Gasteiger charge is 2.26. The zero-order chi connectivity index (χ0) is 14.9. The molecule has 112 valence electrons. The smallest absolute Gasteiger partial charge is 0.154 e. The molecule has 0 spiro atoms. The Balaban J connectivity index is 1.67. The second kappa shape index (κ2) is 5.34. The van der Waals surface area contributed by atoms with Crippen LogP contribution in [0.15, 0.2) is 42.7 Å². The Hall–Kier alpha value is -2.54. The van der Waals surface area contributed by atoms with Gasteiger partial charge in [-0.1, -0.05) is 6.07 Å². The number of fused-ring (bicyclic) bond motifs is 1. The highest BCUT2D eigenvalue weighted by molar-refractivity contribution is 5.61. The zero-order valence-corrected chi connectivity index (χ0v) is 11.8. The van der Waals surface area contributed by atoms with E-state index in [0.717, 1.165) is 17.0 Å². The summed E-state index contributed by atoms with van der Waals surface area (Å²) < 4.78 is 15.4. The minimum absolute atomic E-state index is 0.247. The fourth-order valence-electron chi connectivity index (χ4n) is 2.64. The van der Waals surface area contributed by atoms with Crippen LogP contribution in [0.1, 0.15) is 0 Å². The van der Waals surface area contributed by atoms with E-state index in [1.165, 1.54) is 0 Å². The number of nitrogens with one attached hydrogen (secondary N) is 2. The zero-order valence-electron chi connectivity index (χ0n) is 11.8. The van der Waals surface area contributed by atoms with E-state index in [-0.39, 0.29) is 6.04 Å². The maximum Gasteiger partial charge on any atom is 0.154 e. The third kappa shape index (κ3) is 2.29. The number of nitrogens with zero attached hydrogens (tertiary/aromatic N) is 4. The van der Waals surface area contributed by atoms with Gasteiger partial charge in [-0.2, -0.15) is 5.10 Å². The number of aromatic nitrogens is 4. The Morgan fingerprint density at radius 3 is 3.05 bits per heavy atom. The van der Waals surface area contributed by atoms with Gasteiger partial charge in [-0.05, 0) is 24.3 Å². The molecule has 2 N–H and O–H groups in total. The molecule has 4 rings (SSSR count). The summed E-state index contributed by atoms with van der Waals surface area (Å²) in [4.78, 5) is 8.87. The van der Waals surface area contributed by atoms with E-state index in [9.17, 15) is 4.39 Å². The minimum atomic E-state index is -0.900. The first-order valence-electron chi connectivity index (χ1n) is 7.19. The van der Waals surface area contributed by atoms with Gasteiger partial charge in [0.25, 0.3) is 0 Å². The van der Waals surface area contributed by atoms with Gasteiger partial charge >= 0.3 is 0 Å². The van der Waals surface area contributed by atoms with Gasteiger partial charge in [-0.3, -0.25) is 0 Å². The highest BCUT2D eigenvalue weighted by atomic mass is 19.1. The molecule has 4 heterocycles. The number of alkyl halides is 1. The van der Waals surface area contributed by atoms with Crippen LogP contribution in [-0.4, -0.2) is 44.9 Å². The van der Waals surface area contributed by atoms with Gasteiger partial charge in [0.15, 0.2) is 5.65 Å². The molecule has 0 radical (unpaired) electrons. The van der Waals surface area contributed by atoms with Crippen LogP contribution in [0.2, 0.25) is 0 Å². The van der Waals surface area contributed by atoms with Crippen molar-refractivity contribution in [3.63, 3.8) is 0 Å². The van der Waals surface area contributed by atoms with Gasteiger partial charge in [0, 0.05) is 19.3 Å². The molecule has 1 aliphatic rings. The van der Waals surface area contributed by atoms with Crippen molar-refractivity contribution < 1.29 is 4.39 Å². The number of anilines is 1. The molecule has 0 saturated carbocycles. The summed E-state index contributed by atoms with van der Waals surface area (Å²) in [5.41, 5.74) is 2.32. The van der Waals surface area contributed by atoms with E-state index in [1.807, 2.05) is 30.3 Å². The van der Waals surface area contributed by atoms with E-state index in [1.54, 1.807) is 16.9 Å². The first-order chi connectivity index (χ1) is 10.8. The third-order valence-electron chi connectivity index (χ3n) is 3.76. The predicted octanol–water partition coefficient (Wildman–Crippen LogP) is 1.51. The van der Waals surface area contributed by atoms with Gasteiger partial charge in [-0.25, -0.2) is 18.9 Å². The van der Waals surface area contributed by atoms with Gasteiger partial charge in [-0.15, -0.1) is 0 Å². The lowest BCUT2D eigenvalue weighted by atomic mass is 10.2. The van der Waals surface area contributed by atoms with Crippen LogP contribution < -0.4 is 10.6 Å². The van der Waals surface area contributed by atoms with Crippen LogP contribution in [0.3, 0.4) is 0 Å². The summed E-state index contributed by atoms with van der Waals surface area (Å²) in [5, 5.41) is 10.4. The Labute approximate surface area is 126 Å². The standard InChI is InChI=1S/C15H15FN6/c16-10-7-17-8-12(10)21-14-4-1-3-11(20-14)13-9-18-15-5-2-6-19-22(13)15/h1-6,9-10,12,17H,7-8H2,(H,20,21)/t10-,12-/m0/s1. The topological polar surface area (TPSA) is 67.1 Å². The van der Waals surface area contributed by atoms with Crippen molar-refractivity contribution in [1.29, 1.82) is 0 Å². The SMILES string of the molecule is F[C@H]1CNC[C@@H]1Nc1cccc(-c2cnc3cccnn23)n1. The second-order valence-corrected chi connectivity index (χ2v) is 5.27. The van der Waals surface area contributed by atoms with Crippen LogP contribution >= 0.6 is 0 Å².